The highest BCUT2D eigenvalue weighted by atomic mass is 16.5. The predicted molar refractivity (Wildman–Crippen MR) is 96.1 cm³/mol. The van der Waals surface area contributed by atoms with E-state index in [1.54, 1.807) is 0 Å². The summed E-state index contributed by atoms with van der Waals surface area (Å²) in [5.41, 5.74) is 0. The Morgan fingerprint density at radius 3 is 1.77 bits per heavy atom. The monoisotopic (exact) mass is 312 g/mol. The number of carbonyl (C=O) groups excluding carboxylic acids is 1. The highest BCUT2D eigenvalue weighted by Gasteiger charge is 2.18. The van der Waals surface area contributed by atoms with Gasteiger partial charge in [-0.3, -0.25) is 4.79 Å². The van der Waals surface area contributed by atoms with Crippen molar-refractivity contribution >= 4 is 5.97 Å². The summed E-state index contributed by atoms with van der Waals surface area (Å²) in [4.78, 5) is 12.1. The molecule has 22 heavy (non-hydrogen) atoms. The number of esters is 1. The number of hydrogen-bond donors (Lipinski definition) is 0. The van der Waals surface area contributed by atoms with Gasteiger partial charge in [0, 0.05) is 0 Å². The summed E-state index contributed by atoms with van der Waals surface area (Å²) in [6.07, 6.45) is 17.0. The zero-order valence-electron chi connectivity index (χ0n) is 15.5. The molecule has 0 aliphatic heterocycles. The smallest absolute Gasteiger partial charge is 0.308 e. The molecule has 0 saturated heterocycles. The molecule has 0 aliphatic rings. The largest absolute Gasteiger partial charge is 0.465 e. The van der Waals surface area contributed by atoms with Gasteiger partial charge in [0.25, 0.3) is 0 Å². The molecule has 0 heterocycles. The molecule has 0 aromatic carbocycles. The van der Waals surface area contributed by atoms with Gasteiger partial charge in [0.2, 0.25) is 0 Å². The van der Waals surface area contributed by atoms with Crippen LogP contribution in [-0.2, 0) is 9.53 Å². The molecule has 0 spiro atoms. The van der Waals surface area contributed by atoms with Gasteiger partial charge in [-0.15, -0.1) is 0 Å². The van der Waals surface area contributed by atoms with Gasteiger partial charge in [-0.2, -0.15) is 0 Å². The second-order valence-corrected chi connectivity index (χ2v) is 6.62. The summed E-state index contributed by atoms with van der Waals surface area (Å²) in [6, 6.07) is 0. The van der Waals surface area contributed by atoms with Crippen LogP contribution in [-0.4, -0.2) is 12.6 Å². The standard InChI is InChI=1S/C20H40O2/c1-4-7-10-11-12-13-14-15-17-19(16-8-5-2)20(21)22-18-9-6-3/h19H,4-18H2,1-3H3. The van der Waals surface area contributed by atoms with Crippen LogP contribution in [0, 0.1) is 5.92 Å². The summed E-state index contributed by atoms with van der Waals surface area (Å²) in [5, 5.41) is 0. The molecule has 0 amide bonds. The topological polar surface area (TPSA) is 26.3 Å². The highest BCUT2D eigenvalue weighted by molar-refractivity contribution is 5.72. The molecule has 0 aromatic rings. The lowest BCUT2D eigenvalue weighted by atomic mass is 9.95. The molecule has 2 heteroatoms. The summed E-state index contributed by atoms with van der Waals surface area (Å²) >= 11 is 0. The van der Waals surface area contributed by atoms with E-state index in [0.29, 0.717) is 6.61 Å². The van der Waals surface area contributed by atoms with Crippen LogP contribution in [0.2, 0.25) is 0 Å². The summed E-state index contributed by atoms with van der Waals surface area (Å²) in [5.74, 6) is 0.210. The van der Waals surface area contributed by atoms with Crippen LogP contribution in [0.4, 0.5) is 0 Å². The molecule has 132 valence electrons. The van der Waals surface area contributed by atoms with Crippen molar-refractivity contribution in [2.24, 2.45) is 5.92 Å². The molecule has 2 nitrogen and oxygen atoms in total. The number of unbranched alkanes of at least 4 members (excludes halogenated alkanes) is 9. The van der Waals surface area contributed by atoms with E-state index in [0.717, 1.165) is 38.5 Å². The number of carbonyl (C=O) groups is 1. The van der Waals surface area contributed by atoms with Crippen molar-refractivity contribution in [3.63, 3.8) is 0 Å². The van der Waals surface area contributed by atoms with Gasteiger partial charge in [0.15, 0.2) is 0 Å². The van der Waals surface area contributed by atoms with Crippen molar-refractivity contribution in [1.29, 1.82) is 0 Å². The molecular weight excluding hydrogens is 272 g/mol. The van der Waals surface area contributed by atoms with Gasteiger partial charge < -0.3 is 4.74 Å². The van der Waals surface area contributed by atoms with E-state index in [4.69, 9.17) is 4.74 Å². The first-order valence-electron chi connectivity index (χ1n) is 9.92. The van der Waals surface area contributed by atoms with E-state index in [1.165, 1.54) is 51.4 Å². The SMILES string of the molecule is CCCCCCCCCCC(CCCC)C(=O)OCCCC. The van der Waals surface area contributed by atoms with Crippen LogP contribution < -0.4 is 0 Å². The molecule has 0 saturated carbocycles. The Labute approximate surface area is 139 Å². The maximum absolute atomic E-state index is 12.1. The molecule has 1 atom stereocenters. The maximum Gasteiger partial charge on any atom is 0.308 e. The molecule has 1 unspecified atom stereocenters. The summed E-state index contributed by atoms with van der Waals surface area (Å²) in [7, 11) is 0. The van der Waals surface area contributed by atoms with E-state index in [1.807, 2.05) is 0 Å². The number of rotatable bonds is 16. The quantitative estimate of drug-likeness (QED) is 0.235. The summed E-state index contributed by atoms with van der Waals surface area (Å²) < 4.78 is 5.43. The normalized spacial score (nSPS) is 12.3. The van der Waals surface area contributed by atoms with E-state index >= 15 is 0 Å². The molecule has 0 radical (unpaired) electrons. The second kappa shape index (κ2) is 16.8. The first-order valence-corrected chi connectivity index (χ1v) is 9.92. The highest BCUT2D eigenvalue weighted by Crippen LogP contribution is 2.19. The van der Waals surface area contributed by atoms with Crippen LogP contribution in [0.15, 0.2) is 0 Å². The Morgan fingerprint density at radius 1 is 0.682 bits per heavy atom. The minimum atomic E-state index is 0.0600. The van der Waals surface area contributed by atoms with Crippen LogP contribution in [0.25, 0.3) is 0 Å². The lowest BCUT2D eigenvalue weighted by Crippen LogP contribution is -2.18. The van der Waals surface area contributed by atoms with Crippen LogP contribution in [0.5, 0.6) is 0 Å². The van der Waals surface area contributed by atoms with Crippen molar-refractivity contribution in [1.82, 2.24) is 0 Å². The van der Waals surface area contributed by atoms with Crippen molar-refractivity contribution in [3.05, 3.63) is 0 Å². The van der Waals surface area contributed by atoms with Gasteiger partial charge in [-0.25, -0.2) is 0 Å². The van der Waals surface area contributed by atoms with E-state index in [-0.39, 0.29) is 11.9 Å². The van der Waals surface area contributed by atoms with Gasteiger partial charge in [0.1, 0.15) is 0 Å². The Balaban J connectivity index is 3.76. The molecule has 0 aliphatic carbocycles. The van der Waals surface area contributed by atoms with E-state index in [2.05, 4.69) is 20.8 Å². The molecule has 0 aromatic heterocycles. The van der Waals surface area contributed by atoms with Crippen molar-refractivity contribution < 1.29 is 9.53 Å². The number of ether oxygens (including phenoxy) is 1. The predicted octanol–water partition coefficient (Wildman–Crippen LogP) is 6.67. The minimum absolute atomic E-state index is 0.0600. The first kappa shape index (κ1) is 21.5. The van der Waals surface area contributed by atoms with Crippen LogP contribution in [0.3, 0.4) is 0 Å². The average molecular weight is 313 g/mol. The van der Waals surface area contributed by atoms with E-state index in [9.17, 15) is 4.79 Å². The fourth-order valence-electron chi connectivity index (χ4n) is 2.79. The molecular formula is C20H40O2. The van der Waals surface area contributed by atoms with Crippen LogP contribution in [0.1, 0.15) is 111 Å². The third-order valence-electron chi connectivity index (χ3n) is 4.39. The summed E-state index contributed by atoms with van der Waals surface area (Å²) in [6.45, 7) is 7.18. The molecule has 0 rings (SSSR count). The van der Waals surface area contributed by atoms with Gasteiger partial charge in [-0.1, -0.05) is 91.4 Å². The van der Waals surface area contributed by atoms with Gasteiger partial charge in [0.05, 0.1) is 12.5 Å². The van der Waals surface area contributed by atoms with Gasteiger partial charge in [-0.05, 0) is 19.3 Å². The zero-order valence-corrected chi connectivity index (χ0v) is 15.5. The molecule has 0 bridgehead atoms. The van der Waals surface area contributed by atoms with Gasteiger partial charge >= 0.3 is 5.97 Å². The lowest BCUT2D eigenvalue weighted by Gasteiger charge is -2.15. The zero-order chi connectivity index (χ0) is 16.5. The van der Waals surface area contributed by atoms with Crippen molar-refractivity contribution in [2.75, 3.05) is 6.61 Å². The minimum Gasteiger partial charge on any atom is -0.465 e. The molecule has 0 N–H and O–H groups in total. The maximum atomic E-state index is 12.1. The fraction of sp³-hybridized carbons (Fsp3) is 0.950. The van der Waals surface area contributed by atoms with Crippen molar-refractivity contribution in [3.8, 4) is 0 Å². The Morgan fingerprint density at radius 2 is 1.18 bits per heavy atom. The van der Waals surface area contributed by atoms with Crippen LogP contribution >= 0.6 is 0 Å². The lowest BCUT2D eigenvalue weighted by molar-refractivity contribution is -0.149. The fourth-order valence-corrected chi connectivity index (χ4v) is 2.79. The number of hydrogen-bond acceptors (Lipinski definition) is 2. The first-order chi connectivity index (χ1) is 10.8. The Hall–Kier alpha value is -0.530. The Kier molecular flexibility index (Phi) is 16.4. The van der Waals surface area contributed by atoms with Crippen molar-refractivity contribution in [2.45, 2.75) is 111 Å². The third kappa shape index (κ3) is 13.2. The molecule has 0 fully saturated rings. The Bertz CT molecular complexity index is 238. The second-order valence-electron chi connectivity index (χ2n) is 6.62. The third-order valence-corrected chi connectivity index (χ3v) is 4.39. The van der Waals surface area contributed by atoms with E-state index < -0.39 is 0 Å². The average Bonchev–Trinajstić information content (AvgIpc) is 2.52.